The third-order valence-electron chi connectivity index (χ3n) is 6.44. The van der Waals surface area contributed by atoms with Gasteiger partial charge in [-0.05, 0) is 75.9 Å². The first-order chi connectivity index (χ1) is 13.6. The van der Waals surface area contributed by atoms with Crippen LogP contribution in [0.2, 0.25) is 0 Å². The SMILES string of the molecule is COc1cc(CN2CCC(N3CCCC(C(=O)NC4CC4)C3)CC2)ccc1F. The molecule has 154 valence electrons. The molecule has 6 heteroatoms. The van der Waals surface area contributed by atoms with Gasteiger partial charge in [-0.25, -0.2) is 4.39 Å². The molecule has 0 aromatic heterocycles. The van der Waals surface area contributed by atoms with Gasteiger partial charge >= 0.3 is 0 Å². The van der Waals surface area contributed by atoms with E-state index in [0.717, 1.165) is 76.8 Å². The summed E-state index contributed by atoms with van der Waals surface area (Å²) in [6.07, 6.45) is 6.73. The zero-order valence-corrected chi connectivity index (χ0v) is 16.8. The Balaban J connectivity index is 1.26. The van der Waals surface area contributed by atoms with E-state index in [9.17, 15) is 9.18 Å². The zero-order chi connectivity index (χ0) is 19.5. The number of nitrogens with zero attached hydrogens (tertiary/aromatic N) is 2. The van der Waals surface area contributed by atoms with Gasteiger partial charge in [0.2, 0.25) is 5.91 Å². The number of halogens is 1. The molecule has 5 nitrogen and oxygen atoms in total. The summed E-state index contributed by atoms with van der Waals surface area (Å²) in [7, 11) is 1.50. The lowest BCUT2D eigenvalue weighted by molar-refractivity contribution is -0.127. The molecule has 0 spiro atoms. The topological polar surface area (TPSA) is 44.8 Å². The second kappa shape index (κ2) is 8.78. The number of nitrogens with one attached hydrogen (secondary N) is 1. The highest BCUT2D eigenvalue weighted by atomic mass is 19.1. The van der Waals surface area contributed by atoms with Gasteiger partial charge in [-0.1, -0.05) is 6.07 Å². The Labute approximate surface area is 167 Å². The molecule has 0 radical (unpaired) electrons. The van der Waals surface area contributed by atoms with E-state index in [1.807, 2.05) is 6.07 Å². The number of rotatable bonds is 6. The highest BCUT2D eigenvalue weighted by Crippen LogP contribution is 2.27. The van der Waals surface area contributed by atoms with Gasteiger partial charge in [-0.2, -0.15) is 0 Å². The maximum absolute atomic E-state index is 13.6. The number of amides is 1. The quantitative estimate of drug-likeness (QED) is 0.813. The van der Waals surface area contributed by atoms with E-state index in [0.29, 0.717) is 17.8 Å². The largest absolute Gasteiger partial charge is 0.494 e. The number of carbonyl (C=O) groups is 1. The van der Waals surface area contributed by atoms with E-state index < -0.39 is 0 Å². The maximum atomic E-state index is 13.6. The fourth-order valence-corrected chi connectivity index (χ4v) is 4.60. The molecular formula is C22H32FN3O2. The van der Waals surface area contributed by atoms with E-state index in [1.54, 1.807) is 6.07 Å². The van der Waals surface area contributed by atoms with Gasteiger partial charge < -0.3 is 10.1 Å². The summed E-state index contributed by atoms with van der Waals surface area (Å²) in [5.41, 5.74) is 1.09. The third-order valence-corrected chi connectivity index (χ3v) is 6.44. The van der Waals surface area contributed by atoms with Gasteiger partial charge in [-0.3, -0.25) is 14.6 Å². The molecule has 1 aromatic rings. The van der Waals surface area contributed by atoms with Gasteiger partial charge in [-0.15, -0.1) is 0 Å². The lowest BCUT2D eigenvalue weighted by atomic mass is 9.93. The minimum Gasteiger partial charge on any atom is -0.494 e. The molecule has 2 aliphatic heterocycles. The van der Waals surface area contributed by atoms with Crippen molar-refractivity contribution in [2.45, 2.75) is 57.2 Å². The lowest BCUT2D eigenvalue weighted by Crippen LogP contribution is -2.50. The van der Waals surface area contributed by atoms with Crippen LogP contribution in [-0.2, 0) is 11.3 Å². The van der Waals surface area contributed by atoms with E-state index in [1.165, 1.54) is 13.2 Å². The molecule has 0 bridgehead atoms. The molecule has 1 aliphatic carbocycles. The van der Waals surface area contributed by atoms with Crippen molar-refractivity contribution in [1.29, 1.82) is 0 Å². The number of hydrogen-bond acceptors (Lipinski definition) is 4. The van der Waals surface area contributed by atoms with Crippen LogP contribution in [0.5, 0.6) is 5.75 Å². The number of benzene rings is 1. The molecule has 4 rings (SSSR count). The average Bonchev–Trinajstić information content (AvgIpc) is 3.54. The van der Waals surface area contributed by atoms with E-state index in [-0.39, 0.29) is 17.6 Å². The molecule has 1 amide bonds. The van der Waals surface area contributed by atoms with Crippen molar-refractivity contribution in [2.75, 3.05) is 33.3 Å². The average molecular weight is 390 g/mol. The van der Waals surface area contributed by atoms with Crippen molar-refractivity contribution in [3.63, 3.8) is 0 Å². The Kier molecular flexibility index (Phi) is 6.16. The summed E-state index contributed by atoms with van der Waals surface area (Å²) in [6.45, 7) is 4.95. The van der Waals surface area contributed by atoms with Crippen LogP contribution in [0.4, 0.5) is 4.39 Å². The molecule has 3 aliphatic rings. The van der Waals surface area contributed by atoms with Crippen LogP contribution in [0.1, 0.15) is 44.1 Å². The predicted octanol–water partition coefficient (Wildman–Crippen LogP) is 2.79. The number of carbonyl (C=O) groups excluding carboxylic acids is 1. The van der Waals surface area contributed by atoms with Crippen LogP contribution < -0.4 is 10.1 Å². The van der Waals surface area contributed by atoms with Gasteiger partial charge in [0, 0.05) is 25.2 Å². The minimum atomic E-state index is -0.310. The van der Waals surface area contributed by atoms with Crippen LogP contribution in [0.25, 0.3) is 0 Å². The smallest absolute Gasteiger partial charge is 0.224 e. The Morgan fingerprint density at radius 1 is 1.18 bits per heavy atom. The number of ether oxygens (including phenoxy) is 1. The van der Waals surface area contributed by atoms with Crippen LogP contribution >= 0.6 is 0 Å². The summed E-state index contributed by atoms with van der Waals surface area (Å²) in [5, 5.41) is 3.18. The van der Waals surface area contributed by atoms with Crippen molar-refractivity contribution in [3.05, 3.63) is 29.6 Å². The van der Waals surface area contributed by atoms with Crippen molar-refractivity contribution in [3.8, 4) is 5.75 Å². The summed E-state index contributed by atoms with van der Waals surface area (Å²) < 4.78 is 18.7. The molecule has 1 atom stereocenters. The first-order valence-corrected chi connectivity index (χ1v) is 10.7. The van der Waals surface area contributed by atoms with Gasteiger partial charge in [0.05, 0.1) is 13.0 Å². The second-order valence-corrected chi connectivity index (χ2v) is 8.59. The van der Waals surface area contributed by atoms with Crippen molar-refractivity contribution < 1.29 is 13.9 Å². The van der Waals surface area contributed by atoms with E-state index in [4.69, 9.17) is 4.74 Å². The fraction of sp³-hybridized carbons (Fsp3) is 0.682. The molecular weight excluding hydrogens is 357 g/mol. The Bertz CT molecular complexity index is 686. The van der Waals surface area contributed by atoms with Crippen LogP contribution in [0.15, 0.2) is 18.2 Å². The highest BCUT2D eigenvalue weighted by molar-refractivity contribution is 5.79. The fourth-order valence-electron chi connectivity index (χ4n) is 4.60. The Morgan fingerprint density at radius 3 is 2.68 bits per heavy atom. The van der Waals surface area contributed by atoms with Crippen LogP contribution in [-0.4, -0.2) is 61.1 Å². The van der Waals surface area contributed by atoms with Crippen LogP contribution in [0.3, 0.4) is 0 Å². The molecule has 1 aromatic carbocycles. The first kappa shape index (κ1) is 19.6. The number of hydrogen-bond donors (Lipinski definition) is 1. The van der Waals surface area contributed by atoms with Gasteiger partial charge in [0.25, 0.3) is 0 Å². The Hall–Kier alpha value is -1.66. The number of likely N-dealkylation sites (tertiary alicyclic amines) is 2. The molecule has 2 heterocycles. The molecule has 1 N–H and O–H groups in total. The summed E-state index contributed by atoms with van der Waals surface area (Å²) in [4.78, 5) is 17.4. The summed E-state index contributed by atoms with van der Waals surface area (Å²) >= 11 is 0. The molecule has 28 heavy (non-hydrogen) atoms. The van der Waals surface area contributed by atoms with E-state index in [2.05, 4.69) is 15.1 Å². The van der Waals surface area contributed by atoms with Crippen molar-refractivity contribution in [2.24, 2.45) is 5.92 Å². The summed E-state index contributed by atoms with van der Waals surface area (Å²) in [5.74, 6) is 0.445. The number of piperidine rings is 2. The minimum absolute atomic E-state index is 0.166. The zero-order valence-electron chi connectivity index (χ0n) is 16.8. The third kappa shape index (κ3) is 4.84. The number of methoxy groups -OCH3 is 1. The molecule has 2 saturated heterocycles. The Morgan fingerprint density at radius 2 is 1.96 bits per heavy atom. The van der Waals surface area contributed by atoms with Crippen molar-refractivity contribution in [1.82, 2.24) is 15.1 Å². The first-order valence-electron chi connectivity index (χ1n) is 10.7. The normalized spacial score (nSPS) is 24.9. The highest BCUT2D eigenvalue weighted by Gasteiger charge is 2.33. The molecule has 3 fully saturated rings. The second-order valence-electron chi connectivity index (χ2n) is 8.59. The van der Waals surface area contributed by atoms with E-state index >= 15 is 0 Å². The van der Waals surface area contributed by atoms with Gasteiger partial charge in [0.1, 0.15) is 0 Å². The maximum Gasteiger partial charge on any atom is 0.224 e. The predicted molar refractivity (Wildman–Crippen MR) is 107 cm³/mol. The van der Waals surface area contributed by atoms with Gasteiger partial charge in [0.15, 0.2) is 11.6 Å². The summed E-state index contributed by atoms with van der Waals surface area (Å²) in [6, 6.07) is 6.17. The molecule has 1 saturated carbocycles. The lowest BCUT2D eigenvalue weighted by Gasteiger charge is -2.42. The monoisotopic (exact) mass is 389 g/mol. The van der Waals surface area contributed by atoms with Crippen molar-refractivity contribution >= 4 is 5.91 Å². The standard InChI is InChI=1S/C22H32FN3O2/c1-28-21-13-16(4-7-20(21)23)14-25-11-8-19(9-12-25)26-10-2-3-17(15-26)22(27)24-18-5-6-18/h4,7,13,17-19H,2-3,5-6,8-12,14-15H2,1H3,(H,24,27). The molecule has 1 unspecified atom stereocenters. The van der Waals surface area contributed by atoms with Crippen LogP contribution in [0, 0.1) is 11.7 Å².